The van der Waals surface area contributed by atoms with E-state index in [0.717, 1.165) is 34.8 Å². The van der Waals surface area contributed by atoms with E-state index in [1.54, 1.807) is 7.05 Å². The summed E-state index contributed by atoms with van der Waals surface area (Å²) in [5.41, 5.74) is 3.34. The zero-order chi connectivity index (χ0) is 19.4. The predicted octanol–water partition coefficient (Wildman–Crippen LogP) is 2.24. The summed E-state index contributed by atoms with van der Waals surface area (Å²) >= 11 is 0. The van der Waals surface area contributed by atoms with Gasteiger partial charge in [0.1, 0.15) is 5.82 Å². The minimum Gasteiger partial charge on any atom is -0.363 e. The third kappa shape index (κ3) is 4.36. The fourth-order valence-corrected chi connectivity index (χ4v) is 3.07. The van der Waals surface area contributed by atoms with Gasteiger partial charge in [-0.2, -0.15) is 5.10 Å². The van der Waals surface area contributed by atoms with Gasteiger partial charge in [-0.25, -0.2) is 4.98 Å². The molecular formula is C20H27N7. The van der Waals surface area contributed by atoms with Gasteiger partial charge in [-0.15, -0.1) is 0 Å². The molecule has 3 aromatic rings. The Morgan fingerprint density at radius 1 is 1.22 bits per heavy atom. The molecule has 0 amide bonds. The number of hydrogen-bond donors (Lipinski definition) is 1. The number of nitrogens with one attached hydrogen (secondary N) is 1. The standard InChI is InChI=1S/C20H27N7/c1-21-20(26(4)13-15-11-23-27(5)14-15)22-12-16-10-19(25(2)3)24-18-9-7-6-8-17(16)18/h6-11,14H,12-13H2,1-5H3,(H,21,22). The molecule has 142 valence electrons. The number of rotatable bonds is 5. The summed E-state index contributed by atoms with van der Waals surface area (Å²) in [5, 5.41) is 8.85. The maximum absolute atomic E-state index is 4.72. The van der Waals surface area contributed by atoms with Gasteiger partial charge in [0.2, 0.25) is 0 Å². The smallest absolute Gasteiger partial charge is 0.193 e. The van der Waals surface area contributed by atoms with Crippen molar-refractivity contribution in [3.63, 3.8) is 0 Å². The summed E-state index contributed by atoms with van der Waals surface area (Å²) in [6.07, 6.45) is 3.90. The minimum absolute atomic E-state index is 0.675. The van der Waals surface area contributed by atoms with E-state index in [4.69, 9.17) is 4.98 Å². The summed E-state index contributed by atoms with van der Waals surface area (Å²) in [5.74, 6) is 1.79. The van der Waals surface area contributed by atoms with Crippen molar-refractivity contribution in [3.8, 4) is 0 Å². The van der Waals surface area contributed by atoms with Crippen molar-refractivity contribution >= 4 is 22.7 Å². The van der Waals surface area contributed by atoms with Gasteiger partial charge in [0.05, 0.1) is 11.7 Å². The number of guanidine groups is 1. The Hall–Kier alpha value is -3.09. The highest BCUT2D eigenvalue weighted by Crippen LogP contribution is 2.22. The van der Waals surface area contributed by atoms with Crippen LogP contribution in [0.2, 0.25) is 0 Å². The molecule has 1 N–H and O–H groups in total. The highest BCUT2D eigenvalue weighted by molar-refractivity contribution is 5.85. The van der Waals surface area contributed by atoms with E-state index in [1.807, 2.05) is 62.3 Å². The van der Waals surface area contributed by atoms with E-state index < -0.39 is 0 Å². The number of pyridine rings is 1. The number of fused-ring (bicyclic) bond motifs is 1. The monoisotopic (exact) mass is 365 g/mol. The number of aromatic nitrogens is 3. The van der Waals surface area contributed by atoms with E-state index in [1.165, 1.54) is 5.56 Å². The van der Waals surface area contributed by atoms with Crippen LogP contribution in [0.25, 0.3) is 10.9 Å². The molecule has 0 radical (unpaired) electrons. The molecule has 3 rings (SSSR count). The summed E-state index contributed by atoms with van der Waals surface area (Å²) in [7, 11) is 9.77. The minimum atomic E-state index is 0.675. The van der Waals surface area contributed by atoms with Crippen molar-refractivity contribution in [2.75, 3.05) is 33.1 Å². The highest BCUT2D eigenvalue weighted by Gasteiger charge is 2.11. The molecule has 0 aliphatic carbocycles. The Kier molecular flexibility index (Phi) is 5.59. The first-order valence-electron chi connectivity index (χ1n) is 8.93. The van der Waals surface area contributed by atoms with Crippen LogP contribution in [-0.2, 0) is 20.1 Å². The Morgan fingerprint density at radius 2 is 2.00 bits per heavy atom. The molecule has 0 saturated carbocycles. The van der Waals surface area contributed by atoms with E-state index in [2.05, 4.69) is 38.5 Å². The largest absolute Gasteiger partial charge is 0.363 e. The maximum atomic E-state index is 4.72. The van der Waals surface area contributed by atoms with E-state index in [9.17, 15) is 0 Å². The summed E-state index contributed by atoms with van der Waals surface area (Å²) < 4.78 is 1.81. The van der Waals surface area contributed by atoms with Crippen molar-refractivity contribution < 1.29 is 0 Å². The fourth-order valence-electron chi connectivity index (χ4n) is 3.07. The number of para-hydroxylation sites is 1. The Labute approximate surface area is 160 Å². The lowest BCUT2D eigenvalue weighted by molar-refractivity contribution is 0.476. The maximum Gasteiger partial charge on any atom is 0.193 e. The Bertz CT molecular complexity index is 942. The van der Waals surface area contributed by atoms with Crippen LogP contribution in [0.3, 0.4) is 0 Å². The van der Waals surface area contributed by atoms with Crippen molar-refractivity contribution in [2.45, 2.75) is 13.1 Å². The van der Waals surface area contributed by atoms with Crippen LogP contribution in [0.5, 0.6) is 0 Å². The van der Waals surface area contributed by atoms with Crippen LogP contribution in [0.4, 0.5) is 5.82 Å². The molecule has 27 heavy (non-hydrogen) atoms. The van der Waals surface area contributed by atoms with Crippen LogP contribution in [0, 0.1) is 0 Å². The summed E-state index contributed by atoms with van der Waals surface area (Å²) in [6.45, 7) is 1.42. The molecule has 0 bridgehead atoms. The van der Waals surface area contributed by atoms with Crippen LogP contribution in [-0.4, -0.2) is 53.8 Å². The molecule has 0 spiro atoms. The lowest BCUT2D eigenvalue weighted by Gasteiger charge is -2.22. The quantitative estimate of drug-likeness (QED) is 0.555. The molecule has 2 heterocycles. The average Bonchev–Trinajstić information content (AvgIpc) is 3.06. The number of anilines is 1. The molecule has 2 aromatic heterocycles. The van der Waals surface area contributed by atoms with Gasteiger partial charge in [0.15, 0.2) is 5.96 Å². The first-order valence-corrected chi connectivity index (χ1v) is 8.93. The highest BCUT2D eigenvalue weighted by atomic mass is 15.3. The van der Waals surface area contributed by atoms with Crippen molar-refractivity contribution in [2.24, 2.45) is 12.0 Å². The zero-order valence-electron chi connectivity index (χ0n) is 16.6. The van der Waals surface area contributed by atoms with Crippen LogP contribution < -0.4 is 10.2 Å². The molecule has 0 atom stereocenters. The van der Waals surface area contributed by atoms with E-state index >= 15 is 0 Å². The van der Waals surface area contributed by atoms with Crippen LogP contribution >= 0.6 is 0 Å². The second-order valence-corrected chi connectivity index (χ2v) is 6.83. The Morgan fingerprint density at radius 3 is 2.67 bits per heavy atom. The number of nitrogens with zero attached hydrogens (tertiary/aromatic N) is 6. The normalized spacial score (nSPS) is 11.7. The molecule has 0 saturated heterocycles. The zero-order valence-corrected chi connectivity index (χ0v) is 16.6. The molecule has 7 heteroatoms. The Balaban J connectivity index is 1.78. The molecule has 0 unspecified atom stereocenters. The second kappa shape index (κ2) is 8.07. The molecule has 7 nitrogen and oxygen atoms in total. The first-order chi connectivity index (χ1) is 13.0. The third-order valence-corrected chi connectivity index (χ3v) is 4.43. The number of hydrogen-bond acceptors (Lipinski definition) is 4. The third-order valence-electron chi connectivity index (χ3n) is 4.43. The predicted molar refractivity (Wildman–Crippen MR) is 111 cm³/mol. The van der Waals surface area contributed by atoms with Gasteiger partial charge in [-0.1, -0.05) is 18.2 Å². The van der Waals surface area contributed by atoms with Crippen molar-refractivity contribution in [1.82, 2.24) is 25.0 Å². The van der Waals surface area contributed by atoms with Gasteiger partial charge >= 0.3 is 0 Å². The number of aryl methyl sites for hydroxylation is 1. The van der Waals surface area contributed by atoms with Crippen molar-refractivity contribution in [1.29, 1.82) is 0 Å². The fraction of sp³-hybridized carbons (Fsp3) is 0.350. The average molecular weight is 365 g/mol. The van der Waals surface area contributed by atoms with Crippen LogP contribution in [0.1, 0.15) is 11.1 Å². The van der Waals surface area contributed by atoms with Gasteiger partial charge in [-0.3, -0.25) is 9.67 Å². The van der Waals surface area contributed by atoms with Crippen molar-refractivity contribution in [3.05, 3.63) is 53.9 Å². The molecular weight excluding hydrogens is 338 g/mol. The summed E-state index contributed by atoms with van der Waals surface area (Å²) in [4.78, 5) is 13.3. The molecule has 0 aliphatic rings. The number of aliphatic imine (C=N–C) groups is 1. The summed E-state index contributed by atoms with van der Waals surface area (Å²) in [6, 6.07) is 10.4. The first kappa shape index (κ1) is 18.7. The number of benzene rings is 1. The van der Waals surface area contributed by atoms with Gasteiger partial charge in [0, 0.05) is 65.5 Å². The second-order valence-electron chi connectivity index (χ2n) is 6.83. The molecule has 0 fully saturated rings. The lowest BCUT2D eigenvalue weighted by Crippen LogP contribution is -2.38. The van der Waals surface area contributed by atoms with Gasteiger partial charge in [-0.05, 0) is 17.7 Å². The van der Waals surface area contributed by atoms with E-state index in [0.29, 0.717) is 6.54 Å². The topological polar surface area (TPSA) is 61.6 Å². The van der Waals surface area contributed by atoms with Crippen LogP contribution in [0.15, 0.2) is 47.7 Å². The SMILES string of the molecule is CN=C(NCc1cc(N(C)C)nc2ccccc12)N(C)Cc1cnn(C)c1. The molecule has 0 aliphatic heterocycles. The van der Waals surface area contributed by atoms with Gasteiger partial charge < -0.3 is 15.1 Å². The lowest BCUT2D eigenvalue weighted by atomic mass is 10.1. The molecule has 1 aromatic carbocycles. The van der Waals surface area contributed by atoms with Gasteiger partial charge in [0.25, 0.3) is 0 Å². The van der Waals surface area contributed by atoms with E-state index in [-0.39, 0.29) is 0 Å².